The zero-order valence-electron chi connectivity index (χ0n) is 11.7. The quantitative estimate of drug-likeness (QED) is 0.785. The largest absolute Gasteiger partial charge is 0.371 e. The second kappa shape index (κ2) is 5.58. The highest BCUT2D eigenvalue weighted by molar-refractivity contribution is 5.79. The summed E-state index contributed by atoms with van der Waals surface area (Å²) in [5, 5.41) is 0. The number of carbonyl (C=O) groups is 1. The Morgan fingerprint density at radius 2 is 2.00 bits per heavy atom. The zero-order valence-corrected chi connectivity index (χ0v) is 11.7. The molecule has 1 atom stereocenters. The van der Waals surface area contributed by atoms with Gasteiger partial charge in [-0.2, -0.15) is 0 Å². The third-order valence-corrected chi connectivity index (χ3v) is 4.25. The monoisotopic (exact) mass is 268 g/mol. The highest BCUT2D eigenvalue weighted by Gasteiger charge is 2.29. The maximum Gasteiger partial charge on any atom is 0.224 e. The Hall–Kier alpha value is -1.95. The molecule has 1 amide bonds. The molecule has 2 saturated heterocycles. The summed E-state index contributed by atoms with van der Waals surface area (Å²) in [7, 11) is 0. The van der Waals surface area contributed by atoms with Gasteiger partial charge in [-0.05, 0) is 24.5 Å². The Bertz CT molecular complexity index is 540. The lowest BCUT2D eigenvalue weighted by Crippen LogP contribution is -2.26. The SMILES string of the molecule is C#CC1CC(=O)N(Cc2ccccc2N2CCCC2)C1. The minimum Gasteiger partial charge on any atom is -0.371 e. The van der Waals surface area contributed by atoms with Gasteiger partial charge in [0.15, 0.2) is 0 Å². The second-order valence-corrected chi connectivity index (χ2v) is 5.66. The Kier molecular flexibility index (Phi) is 3.64. The van der Waals surface area contributed by atoms with Crippen LogP contribution in [0.25, 0.3) is 0 Å². The number of para-hydroxylation sites is 1. The van der Waals surface area contributed by atoms with E-state index in [1.165, 1.54) is 24.1 Å². The third-order valence-electron chi connectivity index (χ3n) is 4.25. The Balaban J connectivity index is 1.77. The van der Waals surface area contributed by atoms with Crippen LogP contribution in [0.4, 0.5) is 5.69 Å². The first-order valence-corrected chi connectivity index (χ1v) is 7.34. The van der Waals surface area contributed by atoms with E-state index in [0.29, 0.717) is 19.5 Å². The first-order chi connectivity index (χ1) is 9.78. The predicted molar refractivity (Wildman–Crippen MR) is 80.2 cm³/mol. The molecule has 2 heterocycles. The van der Waals surface area contributed by atoms with Crippen molar-refractivity contribution in [1.82, 2.24) is 4.90 Å². The summed E-state index contributed by atoms with van der Waals surface area (Å²) < 4.78 is 0. The Morgan fingerprint density at radius 3 is 2.70 bits per heavy atom. The molecule has 1 unspecified atom stereocenters. The third kappa shape index (κ3) is 2.51. The van der Waals surface area contributed by atoms with E-state index in [-0.39, 0.29) is 11.8 Å². The van der Waals surface area contributed by atoms with Crippen LogP contribution in [0, 0.1) is 18.3 Å². The van der Waals surface area contributed by atoms with E-state index >= 15 is 0 Å². The van der Waals surface area contributed by atoms with Gasteiger partial charge < -0.3 is 9.80 Å². The maximum absolute atomic E-state index is 12.0. The summed E-state index contributed by atoms with van der Waals surface area (Å²) >= 11 is 0. The minimum absolute atomic E-state index is 0.0847. The molecule has 0 bridgehead atoms. The number of amides is 1. The van der Waals surface area contributed by atoms with Crippen LogP contribution in [0.3, 0.4) is 0 Å². The van der Waals surface area contributed by atoms with Crippen LogP contribution >= 0.6 is 0 Å². The van der Waals surface area contributed by atoms with Crippen LogP contribution in [0.1, 0.15) is 24.8 Å². The zero-order chi connectivity index (χ0) is 13.9. The molecule has 0 spiro atoms. The fraction of sp³-hybridized carbons (Fsp3) is 0.471. The molecule has 2 aliphatic heterocycles. The first-order valence-electron chi connectivity index (χ1n) is 7.34. The molecule has 3 rings (SSSR count). The Morgan fingerprint density at radius 1 is 1.25 bits per heavy atom. The molecule has 1 aromatic carbocycles. The predicted octanol–water partition coefficient (Wildman–Crippen LogP) is 2.27. The fourth-order valence-electron chi connectivity index (χ4n) is 3.15. The van der Waals surface area contributed by atoms with Gasteiger partial charge in [-0.3, -0.25) is 4.79 Å². The van der Waals surface area contributed by atoms with Crippen LogP contribution in [0.5, 0.6) is 0 Å². The highest BCUT2D eigenvalue weighted by atomic mass is 16.2. The summed E-state index contributed by atoms with van der Waals surface area (Å²) in [6.07, 6.45) is 8.47. The van der Waals surface area contributed by atoms with Crippen molar-refractivity contribution < 1.29 is 4.79 Å². The average molecular weight is 268 g/mol. The number of carbonyl (C=O) groups excluding carboxylic acids is 1. The molecule has 0 aromatic heterocycles. The van der Waals surface area contributed by atoms with Gasteiger partial charge >= 0.3 is 0 Å². The standard InChI is InChI=1S/C17H20N2O/c1-2-14-11-17(20)19(12-14)13-15-7-3-4-8-16(15)18-9-5-6-10-18/h1,3-4,7-8,14H,5-6,9-13H2. The van der Waals surface area contributed by atoms with E-state index in [0.717, 1.165) is 13.1 Å². The molecule has 2 aliphatic rings. The summed E-state index contributed by atoms with van der Waals surface area (Å²) in [6, 6.07) is 8.42. The van der Waals surface area contributed by atoms with Crippen LogP contribution in [0.2, 0.25) is 0 Å². The van der Waals surface area contributed by atoms with E-state index in [4.69, 9.17) is 6.42 Å². The number of rotatable bonds is 3. The van der Waals surface area contributed by atoms with Crippen molar-refractivity contribution in [3.05, 3.63) is 29.8 Å². The summed E-state index contributed by atoms with van der Waals surface area (Å²) in [4.78, 5) is 16.3. The summed E-state index contributed by atoms with van der Waals surface area (Å²) in [6.45, 7) is 3.63. The molecule has 104 valence electrons. The van der Waals surface area contributed by atoms with Crippen molar-refractivity contribution in [2.75, 3.05) is 24.5 Å². The second-order valence-electron chi connectivity index (χ2n) is 5.66. The van der Waals surface area contributed by atoms with Gasteiger partial charge in [0.1, 0.15) is 0 Å². The van der Waals surface area contributed by atoms with Crippen molar-refractivity contribution in [1.29, 1.82) is 0 Å². The number of hydrogen-bond donors (Lipinski definition) is 0. The minimum atomic E-state index is 0.0847. The molecular formula is C17H20N2O. The molecule has 3 nitrogen and oxygen atoms in total. The van der Waals surface area contributed by atoms with Gasteiger partial charge in [0, 0.05) is 44.2 Å². The maximum atomic E-state index is 12.0. The van der Waals surface area contributed by atoms with E-state index in [2.05, 4.69) is 29.0 Å². The van der Waals surface area contributed by atoms with Crippen molar-refractivity contribution in [3.8, 4) is 12.3 Å². The molecule has 3 heteroatoms. The highest BCUT2D eigenvalue weighted by Crippen LogP contribution is 2.27. The topological polar surface area (TPSA) is 23.6 Å². The molecule has 1 aromatic rings. The molecule has 0 aliphatic carbocycles. The summed E-state index contributed by atoms with van der Waals surface area (Å²) in [5.74, 6) is 2.98. The number of terminal acetylenes is 1. The van der Waals surface area contributed by atoms with Gasteiger partial charge in [-0.15, -0.1) is 12.3 Å². The van der Waals surface area contributed by atoms with E-state index in [9.17, 15) is 4.79 Å². The lowest BCUT2D eigenvalue weighted by Gasteiger charge is -2.24. The van der Waals surface area contributed by atoms with Gasteiger partial charge in [-0.1, -0.05) is 18.2 Å². The van der Waals surface area contributed by atoms with Gasteiger partial charge in [0.05, 0.1) is 0 Å². The molecule has 0 saturated carbocycles. The number of nitrogens with zero attached hydrogens (tertiary/aromatic N) is 2. The molecule has 2 fully saturated rings. The first kappa shape index (κ1) is 13.1. The van der Waals surface area contributed by atoms with E-state index < -0.39 is 0 Å². The number of likely N-dealkylation sites (tertiary alicyclic amines) is 1. The lowest BCUT2D eigenvalue weighted by molar-refractivity contribution is -0.128. The van der Waals surface area contributed by atoms with Crippen LogP contribution < -0.4 is 4.90 Å². The Labute approximate surface area is 120 Å². The van der Waals surface area contributed by atoms with Gasteiger partial charge in [0.25, 0.3) is 0 Å². The number of benzene rings is 1. The average Bonchev–Trinajstić information content (AvgIpc) is 3.10. The van der Waals surface area contributed by atoms with Crippen LogP contribution in [0.15, 0.2) is 24.3 Å². The van der Waals surface area contributed by atoms with Crippen molar-refractivity contribution in [3.63, 3.8) is 0 Å². The molecule has 0 N–H and O–H groups in total. The van der Waals surface area contributed by atoms with E-state index in [1.54, 1.807) is 0 Å². The molecule has 20 heavy (non-hydrogen) atoms. The number of anilines is 1. The molecular weight excluding hydrogens is 248 g/mol. The smallest absolute Gasteiger partial charge is 0.224 e. The number of hydrogen-bond acceptors (Lipinski definition) is 2. The van der Waals surface area contributed by atoms with Crippen LogP contribution in [-0.2, 0) is 11.3 Å². The van der Waals surface area contributed by atoms with Crippen molar-refractivity contribution in [2.45, 2.75) is 25.8 Å². The summed E-state index contributed by atoms with van der Waals surface area (Å²) in [5.41, 5.74) is 2.52. The van der Waals surface area contributed by atoms with Crippen LogP contribution in [-0.4, -0.2) is 30.4 Å². The van der Waals surface area contributed by atoms with Crippen molar-refractivity contribution in [2.24, 2.45) is 5.92 Å². The lowest BCUT2D eigenvalue weighted by atomic mass is 10.1. The van der Waals surface area contributed by atoms with Gasteiger partial charge in [0.2, 0.25) is 5.91 Å². The van der Waals surface area contributed by atoms with E-state index in [1.807, 2.05) is 11.0 Å². The fourth-order valence-corrected chi connectivity index (χ4v) is 3.15. The van der Waals surface area contributed by atoms with Crippen molar-refractivity contribution >= 4 is 11.6 Å². The normalized spacial score (nSPS) is 22.4. The van der Waals surface area contributed by atoms with Gasteiger partial charge in [-0.25, -0.2) is 0 Å². The molecule has 0 radical (unpaired) electrons.